The smallest absolute Gasteiger partial charge is 0.234 e. The monoisotopic (exact) mass is 440 g/mol. The average molecular weight is 441 g/mol. The zero-order valence-electron chi connectivity index (χ0n) is 17.9. The molecule has 0 saturated carbocycles. The zero-order valence-corrected chi connectivity index (χ0v) is 19.5. The zero-order chi connectivity index (χ0) is 21.5. The number of carbonyl (C=O) groups excluding carboxylic acids is 1. The van der Waals surface area contributed by atoms with Crippen molar-refractivity contribution < 1.29 is 4.79 Å². The van der Waals surface area contributed by atoms with Crippen molar-refractivity contribution in [3.05, 3.63) is 65.5 Å². The first-order valence-corrected chi connectivity index (χ1v) is 12.1. The minimum atomic E-state index is -0.0430. The molecule has 158 valence electrons. The number of rotatable bonds is 9. The number of hydrogen-bond donors (Lipinski definition) is 1. The maximum absolute atomic E-state index is 12.4. The highest BCUT2D eigenvalue weighted by atomic mass is 32.2. The normalized spacial score (nSPS) is 11.1. The van der Waals surface area contributed by atoms with Gasteiger partial charge in [0, 0.05) is 17.1 Å². The van der Waals surface area contributed by atoms with Crippen LogP contribution in [-0.4, -0.2) is 26.4 Å². The van der Waals surface area contributed by atoms with Crippen molar-refractivity contribution in [1.29, 1.82) is 0 Å². The minimum absolute atomic E-state index is 0.0430. The highest BCUT2D eigenvalue weighted by Crippen LogP contribution is 2.25. The quantitative estimate of drug-likeness (QED) is 0.429. The largest absolute Gasteiger partial charge is 0.325 e. The van der Waals surface area contributed by atoms with Gasteiger partial charge in [0.15, 0.2) is 5.16 Å². The molecular weight excluding hydrogens is 412 g/mol. The summed E-state index contributed by atoms with van der Waals surface area (Å²) in [6.07, 6.45) is 0. The molecule has 0 radical (unpaired) electrons. The lowest BCUT2D eigenvalue weighted by Crippen LogP contribution is -2.14. The third kappa shape index (κ3) is 6.12. The van der Waals surface area contributed by atoms with Gasteiger partial charge in [0.1, 0.15) is 5.82 Å². The topological polar surface area (TPSA) is 59.8 Å². The molecular formula is C23H28N4OS2. The van der Waals surface area contributed by atoms with Crippen LogP contribution in [0.4, 0.5) is 5.69 Å². The summed E-state index contributed by atoms with van der Waals surface area (Å²) in [5.41, 5.74) is 3.33. The SMILES string of the molecule is CCn1c(CSc2ccc(C)cc2)nnc1SCC(=O)Nc1ccc(C(C)C)cc1. The van der Waals surface area contributed by atoms with E-state index in [0.717, 1.165) is 29.0 Å². The molecule has 0 fully saturated rings. The second-order valence-corrected chi connectivity index (χ2v) is 9.35. The molecule has 0 atom stereocenters. The molecule has 2 aromatic carbocycles. The van der Waals surface area contributed by atoms with Crippen LogP contribution in [0.2, 0.25) is 0 Å². The number of aromatic nitrogens is 3. The van der Waals surface area contributed by atoms with E-state index in [9.17, 15) is 4.79 Å². The van der Waals surface area contributed by atoms with E-state index >= 15 is 0 Å². The van der Waals surface area contributed by atoms with Gasteiger partial charge in [-0.25, -0.2) is 0 Å². The van der Waals surface area contributed by atoms with Crippen molar-refractivity contribution in [3.63, 3.8) is 0 Å². The molecule has 0 aliphatic heterocycles. The van der Waals surface area contributed by atoms with Crippen molar-refractivity contribution >= 4 is 35.1 Å². The molecule has 0 aliphatic rings. The molecule has 1 aromatic heterocycles. The average Bonchev–Trinajstić information content (AvgIpc) is 3.14. The number of thioether (sulfide) groups is 2. The van der Waals surface area contributed by atoms with E-state index in [-0.39, 0.29) is 5.91 Å². The number of carbonyl (C=O) groups is 1. The van der Waals surface area contributed by atoms with Gasteiger partial charge in [0.2, 0.25) is 5.91 Å². The van der Waals surface area contributed by atoms with Crippen molar-refractivity contribution in [2.24, 2.45) is 0 Å². The Balaban J connectivity index is 1.54. The molecule has 0 aliphatic carbocycles. The van der Waals surface area contributed by atoms with Crippen molar-refractivity contribution in [1.82, 2.24) is 14.8 Å². The summed E-state index contributed by atoms with van der Waals surface area (Å²) in [5.74, 6) is 2.41. The number of hydrogen-bond acceptors (Lipinski definition) is 5. The first-order valence-electron chi connectivity index (χ1n) is 10.1. The highest BCUT2D eigenvalue weighted by Gasteiger charge is 2.14. The van der Waals surface area contributed by atoms with Crippen molar-refractivity contribution in [2.75, 3.05) is 11.1 Å². The van der Waals surface area contributed by atoms with Gasteiger partial charge in [0.25, 0.3) is 0 Å². The molecule has 0 saturated heterocycles. The Morgan fingerprint density at radius 2 is 1.73 bits per heavy atom. The maximum Gasteiger partial charge on any atom is 0.234 e. The Hall–Kier alpha value is -2.25. The van der Waals surface area contributed by atoms with E-state index in [2.05, 4.69) is 84.2 Å². The van der Waals surface area contributed by atoms with Gasteiger partial charge in [-0.15, -0.1) is 22.0 Å². The Morgan fingerprint density at radius 1 is 1.03 bits per heavy atom. The molecule has 0 unspecified atom stereocenters. The van der Waals surface area contributed by atoms with Crippen LogP contribution in [0, 0.1) is 6.92 Å². The molecule has 1 heterocycles. The van der Waals surface area contributed by atoms with E-state index < -0.39 is 0 Å². The lowest BCUT2D eigenvalue weighted by molar-refractivity contribution is -0.113. The van der Waals surface area contributed by atoms with Gasteiger partial charge in [-0.1, -0.05) is 55.4 Å². The molecule has 0 bridgehead atoms. The van der Waals surface area contributed by atoms with E-state index in [0.29, 0.717) is 11.7 Å². The summed E-state index contributed by atoms with van der Waals surface area (Å²) in [6.45, 7) is 9.24. The summed E-state index contributed by atoms with van der Waals surface area (Å²) >= 11 is 3.16. The lowest BCUT2D eigenvalue weighted by atomic mass is 10.0. The highest BCUT2D eigenvalue weighted by molar-refractivity contribution is 7.99. The Labute approximate surface area is 187 Å². The number of aryl methyl sites for hydroxylation is 1. The molecule has 1 amide bonds. The molecule has 3 aromatic rings. The molecule has 7 heteroatoms. The summed E-state index contributed by atoms with van der Waals surface area (Å²) in [6, 6.07) is 16.5. The Bertz CT molecular complexity index is 966. The van der Waals surface area contributed by atoms with E-state index in [1.165, 1.54) is 27.8 Å². The van der Waals surface area contributed by atoms with Gasteiger partial charge in [-0.05, 0) is 49.6 Å². The fourth-order valence-electron chi connectivity index (χ4n) is 2.91. The van der Waals surface area contributed by atoms with Gasteiger partial charge < -0.3 is 9.88 Å². The standard InChI is InChI=1S/C23H28N4OS2/c1-5-27-21(14-29-20-12-6-17(4)7-13-20)25-26-23(27)30-15-22(28)24-19-10-8-18(9-11-19)16(2)3/h6-13,16H,5,14-15H2,1-4H3,(H,24,28). The number of nitrogens with zero attached hydrogens (tertiary/aromatic N) is 3. The summed E-state index contributed by atoms with van der Waals surface area (Å²) < 4.78 is 2.08. The summed E-state index contributed by atoms with van der Waals surface area (Å²) in [4.78, 5) is 13.6. The van der Waals surface area contributed by atoms with Gasteiger partial charge in [-0.2, -0.15) is 0 Å². The van der Waals surface area contributed by atoms with Crippen LogP contribution in [0.15, 0.2) is 58.6 Å². The van der Waals surface area contributed by atoms with Gasteiger partial charge >= 0.3 is 0 Å². The number of amides is 1. The fraction of sp³-hybridized carbons (Fsp3) is 0.348. The van der Waals surface area contributed by atoms with E-state index in [4.69, 9.17) is 0 Å². The number of nitrogens with one attached hydrogen (secondary N) is 1. The lowest BCUT2D eigenvalue weighted by Gasteiger charge is -2.09. The van der Waals surface area contributed by atoms with Crippen molar-refractivity contribution in [2.45, 2.75) is 56.0 Å². The van der Waals surface area contributed by atoms with Crippen LogP contribution in [0.1, 0.15) is 43.6 Å². The maximum atomic E-state index is 12.4. The van der Waals surface area contributed by atoms with Crippen LogP contribution in [0.3, 0.4) is 0 Å². The van der Waals surface area contributed by atoms with Crippen LogP contribution < -0.4 is 5.32 Å². The van der Waals surface area contributed by atoms with Crippen LogP contribution in [-0.2, 0) is 17.1 Å². The number of anilines is 1. The second-order valence-electron chi connectivity index (χ2n) is 7.36. The van der Waals surface area contributed by atoms with Crippen LogP contribution in [0.5, 0.6) is 0 Å². The van der Waals surface area contributed by atoms with E-state index in [1.54, 1.807) is 11.8 Å². The molecule has 1 N–H and O–H groups in total. The number of benzene rings is 2. The fourth-order valence-corrected chi connectivity index (χ4v) is 4.57. The molecule has 0 spiro atoms. The first kappa shape index (κ1) is 22.4. The molecule has 3 rings (SSSR count). The third-order valence-corrected chi connectivity index (χ3v) is 6.67. The predicted octanol–water partition coefficient (Wildman–Crippen LogP) is 5.75. The van der Waals surface area contributed by atoms with E-state index in [1.807, 2.05) is 12.1 Å². The summed E-state index contributed by atoms with van der Waals surface area (Å²) in [5, 5.41) is 12.4. The first-order chi connectivity index (χ1) is 14.5. The second kappa shape index (κ2) is 10.7. The molecule has 30 heavy (non-hydrogen) atoms. The Morgan fingerprint density at radius 3 is 2.37 bits per heavy atom. The summed E-state index contributed by atoms with van der Waals surface area (Å²) in [7, 11) is 0. The van der Waals surface area contributed by atoms with Gasteiger partial charge in [0.05, 0.1) is 11.5 Å². The molecule has 5 nitrogen and oxygen atoms in total. The third-order valence-electron chi connectivity index (χ3n) is 4.69. The van der Waals surface area contributed by atoms with Crippen LogP contribution >= 0.6 is 23.5 Å². The Kier molecular flexibility index (Phi) is 7.99. The van der Waals surface area contributed by atoms with Crippen molar-refractivity contribution in [3.8, 4) is 0 Å². The van der Waals surface area contributed by atoms with Crippen LogP contribution in [0.25, 0.3) is 0 Å². The van der Waals surface area contributed by atoms with Gasteiger partial charge in [-0.3, -0.25) is 4.79 Å². The minimum Gasteiger partial charge on any atom is -0.325 e. The predicted molar refractivity (Wildman–Crippen MR) is 126 cm³/mol.